The van der Waals surface area contributed by atoms with Gasteiger partial charge in [-0.3, -0.25) is 20.2 Å². The summed E-state index contributed by atoms with van der Waals surface area (Å²) in [4.78, 5) is 42.1. The Hall–Kier alpha value is -2.90. The quantitative estimate of drug-likeness (QED) is 0.512. The molecule has 1 atom stereocenters. The molecule has 4 N–H and O–H groups in total. The maximum atomic E-state index is 11.2. The van der Waals surface area contributed by atoms with Crippen molar-refractivity contribution >= 4 is 23.9 Å². The van der Waals surface area contributed by atoms with E-state index in [-0.39, 0.29) is 18.4 Å². The topological polar surface area (TPSA) is 116 Å². The standard InChI is InChI=1S/C9H8N2O2.C3H4N2O2/c12-8-7(10-9(13)11-8)6-4-2-1-3-5-6;6-2-1-4-3(7)5-2/h1-5,7H,(H2,10,11,12,13);1H2,(H2,4,5,6,7). The summed E-state index contributed by atoms with van der Waals surface area (Å²) < 4.78 is 0. The van der Waals surface area contributed by atoms with Gasteiger partial charge >= 0.3 is 12.1 Å². The van der Waals surface area contributed by atoms with Crippen LogP contribution in [0.1, 0.15) is 11.6 Å². The number of carbonyl (C=O) groups is 4. The van der Waals surface area contributed by atoms with Gasteiger partial charge in [0.25, 0.3) is 5.91 Å². The van der Waals surface area contributed by atoms with Gasteiger partial charge < -0.3 is 10.6 Å². The van der Waals surface area contributed by atoms with Gasteiger partial charge in [-0.1, -0.05) is 30.3 Å². The second kappa shape index (κ2) is 5.83. The van der Waals surface area contributed by atoms with Crippen LogP contribution >= 0.6 is 0 Å². The minimum Gasteiger partial charge on any atom is -0.329 e. The van der Waals surface area contributed by atoms with Crippen molar-refractivity contribution in [2.45, 2.75) is 6.04 Å². The number of nitrogens with one attached hydrogen (secondary N) is 4. The first-order chi connectivity index (χ1) is 9.56. The highest BCUT2D eigenvalue weighted by molar-refractivity contribution is 6.04. The molecule has 8 heteroatoms. The number of hydrogen-bond donors (Lipinski definition) is 4. The van der Waals surface area contributed by atoms with E-state index in [1.165, 1.54) is 0 Å². The number of rotatable bonds is 1. The molecule has 1 unspecified atom stereocenters. The van der Waals surface area contributed by atoms with Crippen LogP contribution in [0.25, 0.3) is 0 Å². The van der Waals surface area contributed by atoms with E-state index < -0.39 is 18.1 Å². The molecule has 1 aromatic rings. The first kappa shape index (κ1) is 13.5. The van der Waals surface area contributed by atoms with E-state index >= 15 is 0 Å². The van der Waals surface area contributed by atoms with Crippen LogP contribution in [0.15, 0.2) is 30.3 Å². The lowest BCUT2D eigenvalue weighted by molar-refractivity contribution is -0.120. The van der Waals surface area contributed by atoms with E-state index in [9.17, 15) is 19.2 Å². The van der Waals surface area contributed by atoms with Crippen molar-refractivity contribution in [3.05, 3.63) is 35.9 Å². The molecule has 2 aliphatic rings. The van der Waals surface area contributed by atoms with Crippen LogP contribution in [0.3, 0.4) is 0 Å². The predicted octanol–water partition coefficient (Wildman–Crippen LogP) is -0.607. The third-order valence-electron chi connectivity index (χ3n) is 2.57. The number of amides is 6. The molecule has 0 saturated carbocycles. The maximum absolute atomic E-state index is 11.2. The van der Waals surface area contributed by atoms with Gasteiger partial charge in [-0.15, -0.1) is 0 Å². The second-order valence-corrected chi connectivity index (χ2v) is 4.04. The summed E-state index contributed by atoms with van der Waals surface area (Å²) in [6, 6.07) is 7.75. The lowest BCUT2D eigenvalue weighted by Crippen LogP contribution is -2.22. The van der Waals surface area contributed by atoms with Crippen molar-refractivity contribution < 1.29 is 19.2 Å². The van der Waals surface area contributed by atoms with Gasteiger partial charge in [-0.25, -0.2) is 9.59 Å². The highest BCUT2D eigenvalue weighted by Crippen LogP contribution is 2.15. The van der Waals surface area contributed by atoms with Crippen LogP contribution in [-0.4, -0.2) is 30.4 Å². The molecule has 6 amide bonds. The largest absolute Gasteiger partial charge is 0.329 e. The molecular weight excluding hydrogens is 264 g/mol. The van der Waals surface area contributed by atoms with E-state index in [1.54, 1.807) is 12.1 Å². The minimum absolute atomic E-state index is 0.124. The van der Waals surface area contributed by atoms with Crippen molar-refractivity contribution in [1.29, 1.82) is 0 Å². The summed E-state index contributed by atoms with van der Waals surface area (Å²) in [7, 11) is 0. The molecule has 104 valence electrons. The monoisotopic (exact) mass is 276 g/mol. The van der Waals surface area contributed by atoms with Gasteiger partial charge in [0.05, 0.1) is 6.54 Å². The fourth-order valence-electron chi connectivity index (χ4n) is 1.67. The summed E-state index contributed by atoms with van der Waals surface area (Å²) in [6.45, 7) is 0.124. The Morgan fingerprint density at radius 3 is 2.00 bits per heavy atom. The molecule has 0 radical (unpaired) electrons. The Bertz CT molecular complexity index is 544. The summed E-state index contributed by atoms with van der Waals surface area (Å²) in [5.41, 5.74) is 0.797. The molecule has 20 heavy (non-hydrogen) atoms. The maximum Gasteiger partial charge on any atom is 0.322 e. The molecular formula is C12H12N4O4. The molecule has 2 fully saturated rings. The number of hydrogen-bond acceptors (Lipinski definition) is 4. The fraction of sp³-hybridized carbons (Fsp3) is 0.167. The predicted molar refractivity (Wildman–Crippen MR) is 67.4 cm³/mol. The fourth-order valence-corrected chi connectivity index (χ4v) is 1.67. The molecule has 3 rings (SSSR count). The van der Waals surface area contributed by atoms with Crippen LogP contribution in [0.2, 0.25) is 0 Å². The summed E-state index contributed by atoms with van der Waals surface area (Å²) in [6.07, 6.45) is 0. The van der Waals surface area contributed by atoms with E-state index in [0.717, 1.165) is 5.56 Å². The molecule has 1 aromatic carbocycles. The summed E-state index contributed by atoms with van der Waals surface area (Å²) >= 11 is 0. The van der Waals surface area contributed by atoms with Gasteiger partial charge in [0.2, 0.25) is 5.91 Å². The van der Waals surface area contributed by atoms with E-state index in [2.05, 4.69) is 16.0 Å². The number of benzene rings is 1. The van der Waals surface area contributed by atoms with Crippen LogP contribution in [0.5, 0.6) is 0 Å². The zero-order valence-electron chi connectivity index (χ0n) is 10.3. The van der Waals surface area contributed by atoms with Crippen LogP contribution in [0, 0.1) is 0 Å². The zero-order valence-corrected chi connectivity index (χ0v) is 10.3. The molecule has 0 bridgehead atoms. The van der Waals surface area contributed by atoms with Crippen LogP contribution in [-0.2, 0) is 9.59 Å². The van der Waals surface area contributed by atoms with Gasteiger partial charge in [0.15, 0.2) is 0 Å². The van der Waals surface area contributed by atoms with Gasteiger partial charge in [0, 0.05) is 0 Å². The zero-order chi connectivity index (χ0) is 14.5. The van der Waals surface area contributed by atoms with Crippen molar-refractivity contribution in [2.24, 2.45) is 0 Å². The van der Waals surface area contributed by atoms with Gasteiger partial charge in [-0.05, 0) is 5.56 Å². The molecule has 2 heterocycles. The van der Waals surface area contributed by atoms with E-state index in [0.29, 0.717) is 0 Å². The Balaban J connectivity index is 0.000000178. The second-order valence-electron chi connectivity index (χ2n) is 4.04. The van der Waals surface area contributed by atoms with Crippen LogP contribution < -0.4 is 21.3 Å². The Kier molecular flexibility index (Phi) is 3.94. The lowest BCUT2D eigenvalue weighted by Gasteiger charge is -2.05. The average Bonchev–Trinajstić information content (AvgIpc) is 2.96. The third kappa shape index (κ3) is 3.31. The van der Waals surface area contributed by atoms with Gasteiger partial charge in [0.1, 0.15) is 6.04 Å². The van der Waals surface area contributed by atoms with Crippen LogP contribution in [0.4, 0.5) is 9.59 Å². The van der Waals surface area contributed by atoms with Crippen molar-refractivity contribution in [3.63, 3.8) is 0 Å². The Morgan fingerprint density at radius 2 is 1.60 bits per heavy atom. The number of carbonyl (C=O) groups excluding carboxylic acids is 4. The highest BCUT2D eigenvalue weighted by Gasteiger charge is 2.30. The smallest absolute Gasteiger partial charge is 0.322 e. The Labute approximate surface area is 113 Å². The molecule has 0 aromatic heterocycles. The molecule has 2 aliphatic heterocycles. The van der Waals surface area contributed by atoms with Crippen molar-refractivity contribution in [2.75, 3.05) is 6.54 Å². The third-order valence-corrected chi connectivity index (χ3v) is 2.57. The molecule has 0 spiro atoms. The summed E-state index contributed by atoms with van der Waals surface area (Å²) in [5, 5.41) is 8.99. The highest BCUT2D eigenvalue weighted by atomic mass is 16.2. The normalized spacial score (nSPS) is 20.3. The van der Waals surface area contributed by atoms with Crippen molar-refractivity contribution in [1.82, 2.24) is 21.3 Å². The first-order valence-corrected chi connectivity index (χ1v) is 5.80. The minimum atomic E-state index is -0.534. The first-order valence-electron chi connectivity index (χ1n) is 5.80. The molecule has 0 aliphatic carbocycles. The van der Waals surface area contributed by atoms with E-state index in [1.807, 2.05) is 23.5 Å². The number of imide groups is 2. The van der Waals surface area contributed by atoms with Crippen molar-refractivity contribution in [3.8, 4) is 0 Å². The summed E-state index contributed by atoms with van der Waals surface area (Å²) in [5.74, 6) is -0.554. The number of urea groups is 2. The molecule has 8 nitrogen and oxygen atoms in total. The SMILES string of the molecule is O=C1CNC(=O)N1.O=C1NC(=O)C(c2ccccc2)N1. The lowest BCUT2D eigenvalue weighted by atomic mass is 10.1. The van der Waals surface area contributed by atoms with Gasteiger partial charge in [-0.2, -0.15) is 0 Å². The van der Waals surface area contributed by atoms with E-state index in [4.69, 9.17) is 0 Å². The Morgan fingerprint density at radius 1 is 0.900 bits per heavy atom. The molecule has 2 saturated heterocycles. The average molecular weight is 276 g/mol.